The number of halogens is 4. The van der Waals surface area contributed by atoms with Crippen molar-refractivity contribution < 1.29 is 18.0 Å². The van der Waals surface area contributed by atoms with E-state index < -0.39 is 17.6 Å². The topological polar surface area (TPSA) is 41.1 Å². The van der Waals surface area contributed by atoms with Crippen LogP contribution in [0.2, 0.25) is 5.02 Å². The van der Waals surface area contributed by atoms with Crippen LogP contribution in [-0.2, 0) is 6.18 Å². The van der Waals surface area contributed by atoms with Crippen LogP contribution < -0.4 is 10.6 Å². The Kier molecular flexibility index (Phi) is 5.34. The fraction of sp³-hybridized carbons (Fsp3) is 0.0526. The van der Waals surface area contributed by atoms with Crippen LogP contribution in [0.4, 0.5) is 18.9 Å². The second kappa shape index (κ2) is 7.54. The van der Waals surface area contributed by atoms with Crippen LogP contribution >= 0.6 is 23.8 Å². The van der Waals surface area contributed by atoms with Gasteiger partial charge in [0.2, 0.25) is 0 Å². The number of carbonyl (C=O) groups excluding carboxylic acids is 1. The smallest absolute Gasteiger partial charge is 0.331 e. The zero-order valence-corrected chi connectivity index (χ0v) is 15.2. The van der Waals surface area contributed by atoms with Crippen LogP contribution in [0.25, 0.3) is 10.8 Å². The van der Waals surface area contributed by atoms with E-state index in [9.17, 15) is 18.0 Å². The standard InChI is InChI=1S/C19H12ClF3N2OS/c20-15-9-8-12(19(21,22)23)10-16(15)24-18(27)25-17(26)14-7-3-5-11-4-1-2-6-13(11)14/h1-10H,(H2,24,25,26,27). The number of hydrogen-bond acceptors (Lipinski definition) is 2. The summed E-state index contributed by atoms with van der Waals surface area (Å²) in [6.07, 6.45) is -4.52. The molecule has 3 aromatic carbocycles. The summed E-state index contributed by atoms with van der Waals surface area (Å²) in [6.45, 7) is 0. The van der Waals surface area contributed by atoms with Gasteiger partial charge in [-0.15, -0.1) is 0 Å². The predicted molar refractivity (Wildman–Crippen MR) is 104 cm³/mol. The van der Waals surface area contributed by atoms with E-state index in [-0.39, 0.29) is 15.8 Å². The van der Waals surface area contributed by atoms with Gasteiger partial charge in [-0.3, -0.25) is 10.1 Å². The minimum Gasteiger partial charge on any atom is -0.331 e. The van der Waals surface area contributed by atoms with Gasteiger partial charge in [-0.05, 0) is 47.3 Å². The Labute approximate surface area is 163 Å². The van der Waals surface area contributed by atoms with Gasteiger partial charge < -0.3 is 5.32 Å². The molecular weight excluding hydrogens is 397 g/mol. The van der Waals surface area contributed by atoms with E-state index >= 15 is 0 Å². The molecule has 0 fully saturated rings. The van der Waals surface area contributed by atoms with E-state index in [1.165, 1.54) is 0 Å². The average molecular weight is 409 g/mol. The maximum atomic E-state index is 12.8. The molecule has 0 aliphatic carbocycles. The molecule has 0 spiro atoms. The predicted octanol–water partition coefficient (Wildman–Crippen LogP) is 5.64. The molecule has 0 saturated heterocycles. The van der Waals surface area contributed by atoms with Crippen molar-refractivity contribution in [2.75, 3.05) is 5.32 Å². The molecular formula is C19H12ClF3N2OS. The lowest BCUT2D eigenvalue weighted by Gasteiger charge is -2.14. The third-order valence-corrected chi connectivity index (χ3v) is 4.34. The molecule has 1 amide bonds. The number of carbonyl (C=O) groups is 1. The van der Waals surface area contributed by atoms with Crippen molar-refractivity contribution in [1.82, 2.24) is 5.32 Å². The fourth-order valence-electron chi connectivity index (χ4n) is 2.54. The normalized spacial score (nSPS) is 11.3. The zero-order valence-electron chi connectivity index (χ0n) is 13.6. The largest absolute Gasteiger partial charge is 0.416 e. The van der Waals surface area contributed by atoms with Crippen LogP contribution in [0.1, 0.15) is 15.9 Å². The van der Waals surface area contributed by atoms with Gasteiger partial charge in [0.1, 0.15) is 0 Å². The van der Waals surface area contributed by atoms with Gasteiger partial charge in [0.25, 0.3) is 5.91 Å². The molecule has 0 saturated carbocycles. The quantitative estimate of drug-likeness (QED) is 0.539. The van der Waals surface area contributed by atoms with Gasteiger partial charge in [0.15, 0.2) is 5.11 Å². The number of thiocarbonyl (C=S) groups is 1. The van der Waals surface area contributed by atoms with Gasteiger partial charge in [-0.2, -0.15) is 13.2 Å². The van der Waals surface area contributed by atoms with E-state index in [1.807, 2.05) is 18.2 Å². The highest BCUT2D eigenvalue weighted by Crippen LogP contribution is 2.33. The van der Waals surface area contributed by atoms with Crippen LogP contribution in [0.3, 0.4) is 0 Å². The number of fused-ring (bicyclic) bond motifs is 1. The lowest BCUT2D eigenvalue weighted by atomic mass is 10.0. The first-order chi connectivity index (χ1) is 12.8. The summed E-state index contributed by atoms with van der Waals surface area (Å²) in [7, 11) is 0. The Bertz CT molecular complexity index is 1030. The van der Waals surface area contributed by atoms with E-state index in [0.717, 1.165) is 29.0 Å². The van der Waals surface area contributed by atoms with Crippen molar-refractivity contribution in [3.63, 3.8) is 0 Å². The van der Waals surface area contributed by atoms with Gasteiger partial charge in [0.05, 0.1) is 16.3 Å². The number of alkyl halides is 3. The van der Waals surface area contributed by atoms with Crippen molar-refractivity contribution in [3.05, 3.63) is 76.8 Å². The van der Waals surface area contributed by atoms with Crippen molar-refractivity contribution in [1.29, 1.82) is 0 Å². The first-order valence-corrected chi connectivity index (χ1v) is 8.51. The second-order valence-corrected chi connectivity index (χ2v) is 6.44. The molecule has 0 radical (unpaired) electrons. The molecule has 138 valence electrons. The van der Waals surface area contributed by atoms with Crippen molar-refractivity contribution >= 4 is 51.3 Å². The van der Waals surface area contributed by atoms with Gasteiger partial charge in [0, 0.05) is 5.56 Å². The lowest BCUT2D eigenvalue weighted by Crippen LogP contribution is -2.34. The number of amides is 1. The monoisotopic (exact) mass is 408 g/mol. The van der Waals surface area contributed by atoms with Crippen molar-refractivity contribution in [2.24, 2.45) is 0 Å². The highest BCUT2D eigenvalue weighted by Gasteiger charge is 2.31. The Morgan fingerprint density at radius 3 is 2.44 bits per heavy atom. The summed E-state index contributed by atoms with van der Waals surface area (Å²) in [6, 6.07) is 15.4. The number of benzene rings is 3. The molecule has 2 N–H and O–H groups in total. The number of rotatable bonds is 2. The first-order valence-electron chi connectivity index (χ1n) is 7.72. The van der Waals surface area contributed by atoms with Gasteiger partial charge in [-0.1, -0.05) is 48.0 Å². The highest BCUT2D eigenvalue weighted by atomic mass is 35.5. The molecule has 3 rings (SSSR count). The number of hydrogen-bond donors (Lipinski definition) is 2. The van der Waals surface area contributed by atoms with Crippen LogP contribution in [0.15, 0.2) is 60.7 Å². The average Bonchev–Trinajstić information content (AvgIpc) is 2.62. The SMILES string of the molecule is O=C(NC(=S)Nc1cc(C(F)(F)F)ccc1Cl)c1cccc2ccccc12. The molecule has 0 bridgehead atoms. The summed E-state index contributed by atoms with van der Waals surface area (Å²) in [4.78, 5) is 12.5. The Hall–Kier alpha value is -2.64. The summed E-state index contributed by atoms with van der Waals surface area (Å²) < 4.78 is 38.5. The van der Waals surface area contributed by atoms with Gasteiger partial charge in [-0.25, -0.2) is 0 Å². The maximum Gasteiger partial charge on any atom is 0.416 e. The fourth-order valence-corrected chi connectivity index (χ4v) is 2.91. The molecule has 0 aromatic heterocycles. The summed E-state index contributed by atoms with van der Waals surface area (Å²) >= 11 is 11.0. The third-order valence-electron chi connectivity index (χ3n) is 3.80. The van der Waals surface area contributed by atoms with Crippen LogP contribution in [0, 0.1) is 0 Å². The van der Waals surface area contributed by atoms with E-state index in [1.54, 1.807) is 24.3 Å². The molecule has 0 unspecified atom stereocenters. The summed E-state index contributed by atoms with van der Waals surface area (Å²) in [5.41, 5.74) is -0.528. The van der Waals surface area contributed by atoms with Crippen LogP contribution in [-0.4, -0.2) is 11.0 Å². The van der Waals surface area contributed by atoms with Crippen LogP contribution in [0.5, 0.6) is 0 Å². The van der Waals surface area contributed by atoms with E-state index in [0.29, 0.717) is 5.56 Å². The van der Waals surface area contributed by atoms with Gasteiger partial charge >= 0.3 is 6.18 Å². The third kappa shape index (κ3) is 4.37. The summed E-state index contributed by atoms with van der Waals surface area (Å²) in [5, 5.41) is 6.50. The second-order valence-electron chi connectivity index (χ2n) is 5.63. The number of anilines is 1. The molecule has 8 heteroatoms. The van der Waals surface area contributed by atoms with E-state index in [4.69, 9.17) is 23.8 Å². The zero-order chi connectivity index (χ0) is 19.6. The maximum absolute atomic E-state index is 12.8. The Morgan fingerprint density at radius 1 is 1.00 bits per heavy atom. The minimum atomic E-state index is -4.52. The number of nitrogens with one attached hydrogen (secondary N) is 2. The molecule has 0 heterocycles. The molecule has 0 aliphatic heterocycles. The Morgan fingerprint density at radius 2 is 1.70 bits per heavy atom. The Balaban J connectivity index is 1.79. The van der Waals surface area contributed by atoms with Crippen molar-refractivity contribution in [3.8, 4) is 0 Å². The van der Waals surface area contributed by atoms with E-state index in [2.05, 4.69) is 10.6 Å². The molecule has 27 heavy (non-hydrogen) atoms. The highest BCUT2D eigenvalue weighted by molar-refractivity contribution is 7.80. The summed E-state index contributed by atoms with van der Waals surface area (Å²) in [5.74, 6) is -0.479. The molecule has 0 atom stereocenters. The molecule has 3 aromatic rings. The first kappa shape index (κ1) is 19.1. The lowest BCUT2D eigenvalue weighted by molar-refractivity contribution is -0.137. The molecule has 0 aliphatic rings. The minimum absolute atomic E-state index is 0.0461. The van der Waals surface area contributed by atoms with Crippen molar-refractivity contribution in [2.45, 2.75) is 6.18 Å². The molecule has 3 nitrogen and oxygen atoms in total.